The lowest BCUT2D eigenvalue weighted by Gasteiger charge is -2.32. The van der Waals surface area contributed by atoms with Crippen molar-refractivity contribution in [2.75, 3.05) is 13.2 Å². The molecule has 0 radical (unpaired) electrons. The third kappa shape index (κ3) is 7.18. The molecule has 0 aromatic heterocycles. The molecule has 0 saturated carbocycles. The Morgan fingerprint density at radius 3 is 1.98 bits per heavy atom. The molecule has 1 aliphatic rings. The minimum absolute atomic E-state index is 0.0818. The fraction of sp³-hybridized carbons (Fsp3) is 0.235. The highest BCUT2D eigenvalue weighted by molar-refractivity contribution is 5.71. The van der Waals surface area contributed by atoms with E-state index >= 15 is 0 Å². The summed E-state index contributed by atoms with van der Waals surface area (Å²) >= 11 is 0. The number of halogens is 6. The average Bonchev–Trinajstić information content (AvgIpc) is 3.00. The summed E-state index contributed by atoms with van der Waals surface area (Å²) in [5.41, 5.74) is 2.24. The number of hydrogen-bond acceptors (Lipinski definition) is 3. The molecule has 0 unspecified atom stereocenters. The van der Waals surface area contributed by atoms with E-state index in [1.807, 2.05) is 19.1 Å². The summed E-state index contributed by atoms with van der Waals surface area (Å²) in [4.78, 5) is 0. The van der Waals surface area contributed by atoms with Crippen LogP contribution in [0.1, 0.15) is 36.3 Å². The van der Waals surface area contributed by atoms with Crippen molar-refractivity contribution < 1.29 is 40.6 Å². The number of benzene rings is 4. The molecule has 4 aromatic carbocycles. The van der Waals surface area contributed by atoms with Gasteiger partial charge in [0.25, 0.3) is 0 Å². The van der Waals surface area contributed by atoms with Crippen LogP contribution in [-0.4, -0.2) is 19.3 Å². The average molecular weight is 599 g/mol. The van der Waals surface area contributed by atoms with Gasteiger partial charge in [0.05, 0.1) is 18.8 Å². The Morgan fingerprint density at radius 2 is 1.37 bits per heavy atom. The Bertz CT molecular complexity index is 1550. The van der Waals surface area contributed by atoms with Gasteiger partial charge in [0, 0.05) is 11.1 Å². The van der Waals surface area contributed by atoms with Crippen LogP contribution in [0.3, 0.4) is 0 Å². The summed E-state index contributed by atoms with van der Waals surface area (Å²) in [7, 11) is 0. The molecular formula is C34H28F6O3. The molecule has 224 valence electrons. The number of aryl methyl sites for hydroxylation is 1. The van der Waals surface area contributed by atoms with Gasteiger partial charge < -0.3 is 14.2 Å². The van der Waals surface area contributed by atoms with Gasteiger partial charge in [0.15, 0.2) is 23.7 Å². The topological polar surface area (TPSA) is 27.7 Å². The maximum atomic E-state index is 14.8. The van der Waals surface area contributed by atoms with Crippen molar-refractivity contribution in [2.45, 2.75) is 38.3 Å². The molecule has 1 fully saturated rings. The molecule has 0 bridgehead atoms. The number of ether oxygens (including phenoxy) is 3. The zero-order chi connectivity index (χ0) is 30.6. The second-order valence-electron chi connectivity index (χ2n) is 10.1. The molecule has 0 aliphatic carbocycles. The second kappa shape index (κ2) is 13.2. The standard InChI is InChI=1S/C34H28F6O3/c1-2-3-4-5-21-6-13-26(14-7-21)34(39,40)43-27-19-41-33(42-20-27)23-10-8-22(9-11-23)24-12-15-28(29(35)16-24)25-17-30(36)32(38)31(37)18-25/h2-3,6-18,27,33H,4-5,19-20H2,1H3/b3-2+. The lowest BCUT2D eigenvalue weighted by molar-refractivity contribution is -0.320. The molecule has 9 heteroatoms. The summed E-state index contributed by atoms with van der Waals surface area (Å²) < 4.78 is 101. The molecule has 3 nitrogen and oxygen atoms in total. The maximum absolute atomic E-state index is 14.8. The first kappa shape index (κ1) is 30.5. The minimum atomic E-state index is -3.52. The third-order valence-electron chi connectivity index (χ3n) is 7.09. The summed E-state index contributed by atoms with van der Waals surface area (Å²) in [5.74, 6) is -5.18. The van der Waals surface area contributed by atoms with Gasteiger partial charge in [-0.25, -0.2) is 17.6 Å². The van der Waals surface area contributed by atoms with Crippen molar-refractivity contribution in [3.8, 4) is 22.3 Å². The first-order valence-electron chi connectivity index (χ1n) is 13.7. The smallest absolute Gasteiger partial charge is 0.346 e. The molecule has 1 saturated heterocycles. The zero-order valence-corrected chi connectivity index (χ0v) is 23.1. The van der Waals surface area contributed by atoms with Crippen LogP contribution in [0.2, 0.25) is 0 Å². The van der Waals surface area contributed by atoms with Gasteiger partial charge in [-0.3, -0.25) is 0 Å². The van der Waals surface area contributed by atoms with Crippen LogP contribution in [0.5, 0.6) is 0 Å². The SMILES string of the molecule is C/C=C/CCc1ccc(C(F)(F)OC2COC(c3ccc(-c4ccc(-c5cc(F)c(F)c(F)c5)c(F)c4)cc3)OC2)cc1. The normalized spacial score (nSPS) is 17.5. The Labute approximate surface area is 245 Å². The monoisotopic (exact) mass is 598 g/mol. The van der Waals surface area contributed by atoms with Crippen LogP contribution in [-0.2, 0) is 26.7 Å². The molecular weight excluding hydrogens is 570 g/mol. The van der Waals surface area contributed by atoms with E-state index in [0.717, 1.165) is 30.5 Å². The van der Waals surface area contributed by atoms with Crippen molar-refractivity contribution >= 4 is 0 Å². The van der Waals surface area contributed by atoms with E-state index in [1.165, 1.54) is 24.3 Å². The quantitative estimate of drug-likeness (QED) is 0.109. The molecule has 0 amide bonds. The number of allylic oxidation sites excluding steroid dienone is 2. The van der Waals surface area contributed by atoms with Crippen LogP contribution < -0.4 is 0 Å². The lowest BCUT2D eigenvalue weighted by atomic mass is 9.98. The predicted molar refractivity (Wildman–Crippen MR) is 150 cm³/mol. The van der Waals surface area contributed by atoms with Gasteiger partial charge in [-0.05, 0) is 60.2 Å². The first-order valence-corrected chi connectivity index (χ1v) is 13.7. The number of hydrogen-bond donors (Lipinski definition) is 0. The Kier molecular flexibility index (Phi) is 9.34. The first-order chi connectivity index (χ1) is 20.6. The van der Waals surface area contributed by atoms with Crippen molar-refractivity contribution in [3.05, 3.63) is 131 Å². The van der Waals surface area contributed by atoms with E-state index in [-0.39, 0.29) is 29.9 Å². The van der Waals surface area contributed by atoms with E-state index in [9.17, 15) is 26.3 Å². The maximum Gasteiger partial charge on any atom is 0.383 e. The van der Waals surface area contributed by atoms with E-state index in [2.05, 4.69) is 0 Å². The largest absolute Gasteiger partial charge is 0.383 e. The summed E-state index contributed by atoms with van der Waals surface area (Å²) in [5, 5.41) is 0. The molecule has 43 heavy (non-hydrogen) atoms. The van der Waals surface area contributed by atoms with Crippen molar-refractivity contribution in [1.29, 1.82) is 0 Å². The van der Waals surface area contributed by atoms with Crippen LogP contribution in [0.25, 0.3) is 22.3 Å². The highest BCUT2D eigenvalue weighted by Crippen LogP contribution is 2.35. The van der Waals surface area contributed by atoms with Gasteiger partial charge in [-0.15, -0.1) is 0 Å². The minimum Gasteiger partial charge on any atom is -0.346 e. The zero-order valence-electron chi connectivity index (χ0n) is 23.1. The molecule has 0 N–H and O–H groups in total. The molecule has 1 heterocycles. The van der Waals surface area contributed by atoms with E-state index in [1.54, 1.807) is 42.5 Å². The Balaban J connectivity index is 1.18. The van der Waals surface area contributed by atoms with E-state index < -0.39 is 41.8 Å². The lowest BCUT2D eigenvalue weighted by Crippen LogP contribution is -2.38. The van der Waals surface area contributed by atoms with Gasteiger partial charge in [-0.1, -0.05) is 72.8 Å². The number of alkyl halides is 2. The molecule has 1 aliphatic heterocycles. The van der Waals surface area contributed by atoms with Gasteiger partial charge in [-0.2, -0.15) is 8.78 Å². The van der Waals surface area contributed by atoms with Gasteiger partial charge >= 0.3 is 6.11 Å². The molecule has 0 atom stereocenters. The Morgan fingerprint density at radius 1 is 0.767 bits per heavy atom. The Hall–Kier alpha value is -3.92. The van der Waals surface area contributed by atoms with Crippen molar-refractivity contribution in [2.24, 2.45) is 0 Å². The summed E-state index contributed by atoms with van der Waals surface area (Å²) in [6.45, 7) is 1.71. The van der Waals surface area contributed by atoms with Crippen molar-refractivity contribution in [1.82, 2.24) is 0 Å². The van der Waals surface area contributed by atoms with Gasteiger partial charge in [0.2, 0.25) is 0 Å². The van der Waals surface area contributed by atoms with Crippen molar-refractivity contribution in [3.63, 3.8) is 0 Å². The van der Waals surface area contributed by atoms with E-state index in [0.29, 0.717) is 16.7 Å². The predicted octanol–water partition coefficient (Wildman–Crippen LogP) is 9.27. The highest BCUT2D eigenvalue weighted by Gasteiger charge is 2.38. The fourth-order valence-corrected chi connectivity index (χ4v) is 4.78. The molecule has 4 aromatic rings. The molecule has 0 spiro atoms. The van der Waals surface area contributed by atoms with Crippen LogP contribution in [0.4, 0.5) is 26.3 Å². The molecule has 5 rings (SSSR count). The summed E-state index contributed by atoms with van der Waals surface area (Å²) in [6, 6.07) is 18.5. The second-order valence-corrected chi connectivity index (χ2v) is 10.1. The number of rotatable bonds is 9. The van der Waals surface area contributed by atoms with E-state index in [4.69, 9.17) is 14.2 Å². The van der Waals surface area contributed by atoms with Crippen LogP contribution in [0.15, 0.2) is 91.0 Å². The van der Waals surface area contributed by atoms with Crippen LogP contribution >= 0.6 is 0 Å². The van der Waals surface area contributed by atoms with Crippen LogP contribution in [0, 0.1) is 23.3 Å². The fourth-order valence-electron chi connectivity index (χ4n) is 4.78. The van der Waals surface area contributed by atoms with Gasteiger partial charge in [0.1, 0.15) is 11.9 Å². The summed E-state index contributed by atoms with van der Waals surface area (Å²) in [6.07, 6.45) is 0.254. The third-order valence-corrected chi connectivity index (χ3v) is 7.09. The highest BCUT2D eigenvalue weighted by atomic mass is 19.3.